The Bertz CT molecular complexity index is 2920. The Morgan fingerprint density at radius 2 is 1.15 bits per heavy atom. The molecule has 0 aliphatic rings. The van der Waals surface area contributed by atoms with Crippen LogP contribution in [-0.4, -0.2) is 4.57 Å². The van der Waals surface area contributed by atoms with E-state index < -0.39 is 0 Å². The molecule has 0 aliphatic heterocycles. The first-order valence-electron chi connectivity index (χ1n) is 15.6. The molecule has 7 aromatic carbocycles. The van der Waals surface area contributed by atoms with Crippen molar-refractivity contribution in [3.05, 3.63) is 157 Å². The van der Waals surface area contributed by atoms with Gasteiger partial charge in [0.1, 0.15) is 5.58 Å². The zero-order valence-electron chi connectivity index (χ0n) is 25.1. The lowest BCUT2D eigenvalue weighted by Crippen LogP contribution is -1.94. The van der Waals surface area contributed by atoms with Crippen molar-refractivity contribution in [2.45, 2.75) is 0 Å². The highest BCUT2D eigenvalue weighted by atomic mass is 32.1. The van der Waals surface area contributed by atoms with Crippen LogP contribution in [0.15, 0.2) is 150 Å². The molecule has 10 rings (SSSR count). The van der Waals surface area contributed by atoms with E-state index in [9.17, 15) is 0 Å². The number of rotatable bonds is 3. The number of thiophene rings is 1. The van der Waals surface area contributed by atoms with Crippen molar-refractivity contribution in [2.24, 2.45) is 0 Å². The molecule has 3 nitrogen and oxygen atoms in total. The largest absolute Gasteiger partial charge is 0.465 e. The van der Waals surface area contributed by atoms with E-state index in [-0.39, 0.29) is 0 Å². The second-order valence-corrected chi connectivity index (χ2v) is 13.1. The highest BCUT2D eigenvalue weighted by molar-refractivity contribution is 7.25. The highest BCUT2D eigenvalue weighted by Crippen LogP contribution is 2.44. The molecule has 0 unspecified atom stereocenters. The van der Waals surface area contributed by atoms with Gasteiger partial charge >= 0.3 is 0 Å². The van der Waals surface area contributed by atoms with Gasteiger partial charge in [-0.05, 0) is 76.9 Å². The van der Waals surface area contributed by atoms with Crippen molar-refractivity contribution in [1.82, 2.24) is 4.57 Å². The number of benzene rings is 7. The number of hydrogen-bond donors (Lipinski definition) is 0. The standard InChI is InChI=1S/C43H24N2OS/c1-44-36-25-29(28-19-21-41-34(23-28)31-13-6-8-17-40(31)47-41)24-35-32-14-9-16-39(43(32)46-42(35)36)45-37-15-7-5-12-30(37)33-22-27(18-20-38(33)45)26-10-3-2-4-11-26/h2-25H. The molecule has 3 heterocycles. The summed E-state index contributed by atoms with van der Waals surface area (Å²) in [6.45, 7) is 8.13. The molecule has 4 heteroatoms. The smallest absolute Gasteiger partial charge is 0.230 e. The molecular weight excluding hydrogens is 593 g/mol. The maximum Gasteiger partial charge on any atom is 0.230 e. The van der Waals surface area contributed by atoms with Crippen LogP contribution in [0.5, 0.6) is 0 Å². The van der Waals surface area contributed by atoms with Gasteiger partial charge in [-0.2, -0.15) is 0 Å². The van der Waals surface area contributed by atoms with Gasteiger partial charge in [0.05, 0.1) is 23.3 Å². The summed E-state index contributed by atoms with van der Waals surface area (Å²) in [4.78, 5) is 3.96. The van der Waals surface area contributed by atoms with Crippen molar-refractivity contribution in [3.63, 3.8) is 0 Å². The Morgan fingerprint density at radius 3 is 2.04 bits per heavy atom. The van der Waals surface area contributed by atoms with Crippen LogP contribution in [0.2, 0.25) is 0 Å². The summed E-state index contributed by atoms with van der Waals surface area (Å²) in [6, 6.07) is 51.4. The Balaban J connectivity index is 1.21. The van der Waals surface area contributed by atoms with Gasteiger partial charge in [-0.1, -0.05) is 91.0 Å². The van der Waals surface area contributed by atoms with Crippen LogP contribution < -0.4 is 0 Å². The Morgan fingerprint density at radius 1 is 0.468 bits per heavy atom. The summed E-state index contributed by atoms with van der Waals surface area (Å²) >= 11 is 1.81. The Hall–Kier alpha value is -6.15. The molecule has 0 aliphatic carbocycles. The summed E-state index contributed by atoms with van der Waals surface area (Å²) in [5, 5.41) is 6.84. The van der Waals surface area contributed by atoms with Crippen molar-refractivity contribution < 1.29 is 4.42 Å². The van der Waals surface area contributed by atoms with Gasteiger partial charge in [0, 0.05) is 41.7 Å². The molecule has 10 aromatic rings. The molecule has 0 bridgehead atoms. The molecule has 0 spiro atoms. The lowest BCUT2D eigenvalue weighted by Gasteiger charge is -2.09. The second kappa shape index (κ2) is 9.92. The second-order valence-electron chi connectivity index (χ2n) is 12.0. The van der Waals surface area contributed by atoms with Crippen LogP contribution in [0.4, 0.5) is 5.69 Å². The topological polar surface area (TPSA) is 22.4 Å². The number of hydrogen-bond acceptors (Lipinski definition) is 2. The average Bonchev–Trinajstić information content (AvgIpc) is 3.80. The van der Waals surface area contributed by atoms with Crippen molar-refractivity contribution >= 4 is 80.9 Å². The fraction of sp³-hybridized carbons (Fsp3) is 0. The van der Waals surface area contributed by atoms with Crippen LogP contribution in [0.3, 0.4) is 0 Å². The van der Waals surface area contributed by atoms with Gasteiger partial charge in [0.15, 0.2) is 5.58 Å². The predicted molar refractivity (Wildman–Crippen MR) is 198 cm³/mol. The van der Waals surface area contributed by atoms with Gasteiger partial charge in [-0.3, -0.25) is 0 Å². The highest BCUT2D eigenvalue weighted by Gasteiger charge is 2.20. The minimum absolute atomic E-state index is 0.518. The Labute approximate surface area is 274 Å². The van der Waals surface area contributed by atoms with Crippen molar-refractivity contribution in [3.8, 4) is 27.9 Å². The van der Waals surface area contributed by atoms with E-state index in [4.69, 9.17) is 11.0 Å². The van der Waals surface area contributed by atoms with E-state index in [0.717, 1.165) is 44.2 Å². The summed E-state index contributed by atoms with van der Waals surface area (Å²) in [6.07, 6.45) is 0. The molecule has 0 N–H and O–H groups in total. The molecular formula is C43H24N2OS. The average molecular weight is 617 g/mol. The number of nitrogens with zero attached hydrogens (tertiary/aromatic N) is 2. The zero-order chi connectivity index (χ0) is 31.1. The predicted octanol–water partition coefficient (Wildman–Crippen LogP) is 12.9. The zero-order valence-corrected chi connectivity index (χ0v) is 25.9. The molecule has 47 heavy (non-hydrogen) atoms. The lowest BCUT2D eigenvalue weighted by atomic mass is 9.99. The van der Waals surface area contributed by atoms with Crippen LogP contribution >= 0.6 is 11.3 Å². The molecule has 0 amide bonds. The van der Waals surface area contributed by atoms with Gasteiger partial charge in [-0.15, -0.1) is 11.3 Å². The summed E-state index contributed by atoms with van der Waals surface area (Å²) in [7, 11) is 0. The van der Waals surface area contributed by atoms with E-state index in [1.54, 1.807) is 0 Å². The molecule has 0 radical (unpaired) electrons. The summed E-state index contributed by atoms with van der Waals surface area (Å²) < 4.78 is 11.5. The van der Waals surface area contributed by atoms with Gasteiger partial charge in [0.25, 0.3) is 0 Å². The number of fused-ring (bicyclic) bond motifs is 9. The third-order valence-electron chi connectivity index (χ3n) is 9.41. The first kappa shape index (κ1) is 26.1. The maximum atomic E-state index is 8.13. The molecule has 0 saturated carbocycles. The van der Waals surface area contributed by atoms with Gasteiger partial charge < -0.3 is 8.98 Å². The third-order valence-corrected chi connectivity index (χ3v) is 10.6. The number of furan rings is 1. The van der Waals surface area contributed by atoms with Crippen molar-refractivity contribution in [2.75, 3.05) is 0 Å². The number of para-hydroxylation sites is 2. The molecule has 0 saturated heterocycles. The fourth-order valence-electron chi connectivity index (χ4n) is 7.24. The Kier molecular flexibility index (Phi) is 5.51. The van der Waals surface area contributed by atoms with Crippen LogP contribution in [0.25, 0.3) is 96.7 Å². The van der Waals surface area contributed by atoms with E-state index >= 15 is 0 Å². The van der Waals surface area contributed by atoms with Crippen molar-refractivity contribution in [1.29, 1.82) is 0 Å². The molecule has 3 aromatic heterocycles. The van der Waals surface area contributed by atoms with E-state index in [1.807, 2.05) is 23.5 Å². The lowest BCUT2D eigenvalue weighted by molar-refractivity contribution is 0.668. The van der Waals surface area contributed by atoms with E-state index in [1.165, 1.54) is 42.1 Å². The minimum atomic E-state index is 0.518. The monoisotopic (exact) mass is 616 g/mol. The molecule has 0 fully saturated rings. The fourth-order valence-corrected chi connectivity index (χ4v) is 8.33. The quantitative estimate of drug-likeness (QED) is 0.181. The van der Waals surface area contributed by atoms with Crippen LogP contribution in [0.1, 0.15) is 0 Å². The van der Waals surface area contributed by atoms with E-state index in [0.29, 0.717) is 11.3 Å². The van der Waals surface area contributed by atoms with Crippen LogP contribution in [-0.2, 0) is 0 Å². The first-order chi connectivity index (χ1) is 23.2. The van der Waals surface area contributed by atoms with Gasteiger partial charge in [-0.25, -0.2) is 4.85 Å². The normalized spacial score (nSPS) is 11.8. The summed E-state index contributed by atoms with van der Waals surface area (Å²) in [5.74, 6) is 0. The summed E-state index contributed by atoms with van der Waals surface area (Å²) in [5.41, 5.74) is 9.59. The number of aromatic nitrogens is 1. The first-order valence-corrected chi connectivity index (χ1v) is 16.4. The van der Waals surface area contributed by atoms with Gasteiger partial charge in [0.2, 0.25) is 5.69 Å². The minimum Gasteiger partial charge on any atom is -0.465 e. The maximum absolute atomic E-state index is 8.13. The van der Waals surface area contributed by atoms with E-state index in [2.05, 4.69) is 143 Å². The molecule has 0 atom stereocenters. The SMILES string of the molecule is [C-]#[N+]c1cc(-c2ccc3sc4ccccc4c3c2)cc2c1oc1c(-n3c4ccccc4c4cc(-c5ccccc5)ccc43)cccc12. The third kappa shape index (κ3) is 3.85. The van der Waals surface area contributed by atoms with Crippen LogP contribution in [0, 0.1) is 6.57 Å². The molecule has 218 valence electrons.